The van der Waals surface area contributed by atoms with Gasteiger partial charge in [-0.25, -0.2) is 0 Å². The van der Waals surface area contributed by atoms with Gasteiger partial charge in [-0.05, 0) is 26.0 Å². The van der Waals surface area contributed by atoms with E-state index in [0.717, 1.165) is 0 Å². The zero-order chi connectivity index (χ0) is 15.6. The van der Waals surface area contributed by atoms with Crippen LogP contribution in [0.5, 0.6) is 5.75 Å². The van der Waals surface area contributed by atoms with Crippen LogP contribution in [0, 0.1) is 10.1 Å². The van der Waals surface area contributed by atoms with Crippen LogP contribution in [0.25, 0.3) is 11.4 Å². The van der Waals surface area contributed by atoms with E-state index in [1.54, 1.807) is 12.1 Å². The number of nitrogens with two attached hydrogens (primary N) is 1. The molecule has 8 nitrogen and oxygen atoms in total. The second kappa shape index (κ2) is 5.88. The van der Waals surface area contributed by atoms with Crippen molar-refractivity contribution in [3.8, 4) is 17.1 Å². The monoisotopic (exact) mass is 291 g/mol. The Morgan fingerprint density at radius 3 is 2.67 bits per heavy atom. The lowest BCUT2D eigenvalue weighted by Crippen LogP contribution is -2.11. The van der Waals surface area contributed by atoms with E-state index in [0.29, 0.717) is 17.2 Å². The average Bonchev–Trinajstić information content (AvgIpc) is 2.90. The van der Waals surface area contributed by atoms with E-state index in [2.05, 4.69) is 10.2 Å². The van der Waals surface area contributed by atoms with Gasteiger partial charge in [-0.1, -0.05) is 0 Å². The smallest absolute Gasteiger partial charge is 0.310 e. The van der Waals surface area contributed by atoms with E-state index in [9.17, 15) is 10.1 Å². The molecule has 112 valence electrons. The normalized spacial score (nSPS) is 10.9. The predicted molar refractivity (Wildman–Crippen MR) is 76.9 cm³/mol. The number of rotatable bonds is 5. The van der Waals surface area contributed by atoms with Gasteiger partial charge in [0, 0.05) is 17.7 Å². The number of hydrogen-bond donors (Lipinski definition) is 1. The molecule has 0 aliphatic carbocycles. The molecular weight excluding hydrogens is 274 g/mol. The van der Waals surface area contributed by atoms with Crippen LogP contribution in [-0.2, 0) is 6.54 Å². The first kappa shape index (κ1) is 14.9. The molecule has 0 atom stereocenters. The van der Waals surface area contributed by atoms with Gasteiger partial charge >= 0.3 is 5.69 Å². The van der Waals surface area contributed by atoms with Crippen LogP contribution in [0.4, 0.5) is 5.69 Å². The molecule has 0 amide bonds. The summed E-state index contributed by atoms with van der Waals surface area (Å²) in [7, 11) is 1.39. The van der Waals surface area contributed by atoms with Gasteiger partial charge in [-0.15, -0.1) is 10.2 Å². The van der Waals surface area contributed by atoms with E-state index in [-0.39, 0.29) is 24.0 Å². The first-order chi connectivity index (χ1) is 9.99. The minimum atomic E-state index is -0.485. The molecule has 0 unspecified atom stereocenters. The lowest BCUT2D eigenvalue weighted by atomic mass is 10.1. The molecule has 0 aliphatic rings. The number of ether oxygens (including phenoxy) is 1. The zero-order valence-electron chi connectivity index (χ0n) is 12.1. The van der Waals surface area contributed by atoms with Crippen LogP contribution in [0.3, 0.4) is 0 Å². The van der Waals surface area contributed by atoms with Crippen LogP contribution in [0.1, 0.15) is 25.7 Å². The molecule has 0 aliphatic heterocycles. The van der Waals surface area contributed by atoms with E-state index in [1.807, 2.05) is 18.4 Å². The summed E-state index contributed by atoms with van der Waals surface area (Å²) in [5.74, 6) is 1.46. The Morgan fingerprint density at radius 1 is 1.43 bits per heavy atom. The van der Waals surface area contributed by atoms with Crippen LogP contribution < -0.4 is 10.5 Å². The van der Waals surface area contributed by atoms with Gasteiger partial charge in [0.1, 0.15) is 5.82 Å². The number of benzene rings is 1. The van der Waals surface area contributed by atoms with Gasteiger partial charge in [-0.2, -0.15) is 0 Å². The third kappa shape index (κ3) is 2.70. The minimum absolute atomic E-state index is 0.0871. The van der Waals surface area contributed by atoms with E-state index < -0.39 is 4.92 Å². The van der Waals surface area contributed by atoms with E-state index >= 15 is 0 Å². The van der Waals surface area contributed by atoms with Crippen molar-refractivity contribution in [3.05, 3.63) is 34.1 Å². The van der Waals surface area contributed by atoms with Crippen molar-refractivity contribution in [2.75, 3.05) is 7.11 Å². The molecule has 2 rings (SSSR count). The average molecular weight is 291 g/mol. The summed E-state index contributed by atoms with van der Waals surface area (Å²) in [6, 6.07) is 4.73. The van der Waals surface area contributed by atoms with Crippen LogP contribution in [-0.4, -0.2) is 26.8 Å². The lowest BCUT2D eigenvalue weighted by Gasteiger charge is -2.13. The Labute approximate surface area is 121 Å². The predicted octanol–water partition coefficient (Wildman–Crippen LogP) is 1.90. The second-order valence-electron chi connectivity index (χ2n) is 4.75. The summed E-state index contributed by atoms with van der Waals surface area (Å²) in [6.45, 7) is 4.26. The van der Waals surface area contributed by atoms with Crippen molar-refractivity contribution in [2.24, 2.45) is 5.73 Å². The topological polar surface area (TPSA) is 109 Å². The second-order valence-corrected chi connectivity index (χ2v) is 4.75. The van der Waals surface area contributed by atoms with Gasteiger partial charge in [-0.3, -0.25) is 10.1 Å². The molecule has 0 saturated carbocycles. The van der Waals surface area contributed by atoms with Crippen LogP contribution >= 0.6 is 0 Å². The number of nitrogens with zero attached hydrogens (tertiary/aromatic N) is 4. The highest BCUT2D eigenvalue weighted by atomic mass is 16.6. The van der Waals surface area contributed by atoms with Crippen molar-refractivity contribution in [3.63, 3.8) is 0 Å². The highest BCUT2D eigenvalue weighted by Crippen LogP contribution is 2.32. The maximum absolute atomic E-state index is 10.9. The number of aromatic nitrogens is 3. The van der Waals surface area contributed by atoms with Crippen LogP contribution in [0.2, 0.25) is 0 Å². The fraction of sp³-hybridized carbons (Fsp3) is 0.385. The fourth-order valence-corrected chi connectivity index (χ4v) is 2.17. The highest BCUT2D eigenvalue weighted by Gasteiger charge is 2.20. The Kier molecular flexibility index (Phi) is 4.18. The first-order valence-electron chi connectivity index (χ1n) is 6.46. The molecule has 0 bridgehead atoms. The minimum Gasteiger partial charge on any atom is -0.490 e. The van der Waals surface area contributed by atoms with Gasteiger partial charge in [0.25, 0.3) is 0 Å². The standard InChI is InChI=1S/C13H17N5O3/c1-8(2)17-12(7-14)15-16-13(17)9-4-5-10(18(19)20)11(6-9)21-3/h4-6,8H,7,14H2,1-3H3. The largest absolute Gasteiger partial charge is 0.490 e. The summed E-state index contributed by atoms with van der Waals surface area (Å²) in [5.41, 5.74) is 6.27. The summed E-state index contributed by atoms with van der Waals surface area (Å²) in [5, 5.41) is 19.1. The van der Waals surface area contributed by atoms with Crippen molar-refractivity contribution in [2.45, 2.75) is 26.4 Å². The van der Waals surface area contributed by atoms with Crippen molar-refractivity contribution < 1.29 is 9.66 Å². The SMILES string of the molecule is COc1cc(-c2nnc(CN)n2C(C)C)ccc1[N+](=O)[O-]. The lowest BCUT2D eigenvalue weighted by molar-refractivity contribution is -0.385. The molecule has 21 heavy (non-hydrogen) atoms. The van der Waals surface area contributed by atoms with Crippen molar-refractivity contribution in [1.82, 2.24) is 14.8 Å². The quantitative estimate of drug-likeness (QED) is 0.665. The van der Waals surface area contributed by atoms with Gasteiger partial charge in [0.2, 0.25) is 0 Å². The van der Waals surface area contributed by atoms with E-state index in [4.69, 9.17) is 10.5 Å². The third-order valence-electron chi connectivity index (χ3n) is 3.10. The fourth-order valence-electron chi connectivity index (χ4n) is 2.17. The summed E-state index contributed by atoms with van der Waals surface area (Å²) in [4.78, 5) is 10.4. The number of methoxy groups -OCH3 is 1. The molecule has 1 heterocycles. The van der Waals surface area contributed by atoms with Crippen molar-refractivity contribution >= 4 is 5.69 Å². The highest BCUT2D eigenvalue weighted by molar-refractivity contribution is 5.63. The van der Waals surface area contributed by atoms with Crippen molar-refractivity contribution in [1.29, 1.82) is 0 Å². The Bertz CT molecular complexity index is 666. The summed E-state index contributed by atoms with van der Waals surface area (Å²) >= 11 is 0. The van der Waals surface area contributed by atoms with Gasteiger partial charge < -0.3 is 15.0 Å². The third-order valence-corrected chi connectivity index (χ3v) is 3.10. The Hall–Kier alpha value is -2.48. The molecule has 0 radical (unpaired) electrons. The zero-order valence-corrected chi connectivity index (χ0v) is 12.1. The van der Waals surface area contributed by atoms with E-state index in [1.165, 1.54) is 13.2 Å². The summed E-state index contributed by atoms with van der Waals surface area (Å²) < 4.78 is 6.98. The molecule has 8 heteroatoms. The summed E-state index contributed by atoms with van der Waals surface area (Å²) in [6.07, 6.45) is 0. The number of nitro groups is 1. The molecule has 0 fully saturated rings. The number of hydrogen-bond acceptors (Lipinski definition) is 6. The first-order valence-corrected chi connectivity index (χ1v) is 6.46. The molecule has 2 aromatic rings. The molecular formula is C13H17N5O3. The van der Waals surface area contributed by atoms with Gasteiger partial charge in [0.15, 0.2) is 11.6 Å². The maximum Gasteiger partial charge on any atom is 0.310 e. The Morgan fingerprint density at radius 2 is 2.14 bits per heavy atom. The molecule has 0 spiro atoms. The number of nitro benzene ring substituents is 1. The molecule has 0 saturated heterocycles. The van der Waals surface area contributed by atoms with Gasteiger partial charge in [0.05, 0.1) is 18.6 Å². The Balaban J connectivity index is 2.57. The van der Waals surface area contributed by atoms with Crippen LogP contribution in [0.15, 0.2) is 18.2 Å². The molecule has 2 N–H and O–H groups in total. The molecule has 1 aromatic carbocycles. The maximum atomic E-state index is 10.9. The molecule has 1 aromatic heterocycles.